The van der Waals surface area contributed by atoms with Gasteiger partial charge in [-0.2, -0.15) is 0 Å². The molecular weight excluding hydrogens is 298 g/mol. The van der Waals surface area contributed by atoms with Crippen molar-refractivity contribution in [2.45, 2.75) is 6.29 Å². The Morgan fingerprint density at radius 3 is 2.73 bits per heavy atom. The summed E-state index contributed by atoms with van der Waals surface area (Å²) in [5.41, 5.74) is 2.11. The van der Waals surface area contributed by atoms with Crippen LogP contribution in [0, 0.1) is 0 Å². The van der Waals surface area contributed by atoms with Crippen molar-refractivity contribution in [1.82, 2.24) is 0 Å². The summed E-state index contributed by atoms with van der Waals surface area (Å²) in [7, 11) is 0. The molecule has 0 saturated carbocycles. The van der Waals surface area contributed by atoms with Crippen LogP contribution in [0.5, 0.6) is 0 Å². The van der Waals surface area contributed by atoms with Gasteiger partial charge in [-0.1, -0.05) is 48.0 Å². The fourth-order valence-corrected chi connectivity index (χ4v) is 2.85. The molecule has 1 aliphatic heterocycles. The third-order valence-corrected chi connectivity index (χ3v) is 3.96. The highest BCUT2D eigenvalue weighted by atomic mass is 35.5. The predicted octanol–water partition coefficient (Wildman–Crippen LogP) is 4.59. The van der Waals surface area contributed by atoms with Crippen molar-refractivity contribution in [1.29, 1.82) is 0 Å². The molecule has 0 saturated heterocycles. The smallest absolute Gasteiger partial charge is 0.228 e. The Labute approximate surface area is 132 Å². The van der Waals surface area contributed by atoms with Crippen molar-refractivity contribution in [2.24, 2.45) is 4.99 Å². The summed E-state index contributed by atoms with van der Waals surface area (Å²) in [6.45, 7) is 0. The summed E-state index contributed by atoms with van der Waals surface area (Å²) in [6, 6.07) is 19.1. The monoisotopic (exact) mass is 309 g/mol. The number of fused-ring (bicyclic) bond motifs is 2. The number of aliphatic hydroxyl groups excluding tert-OH is 1. The number of benzene rings is 3. The first-order valence-corrected chi connectivity index (χ1v) is 7.31. The molecule has 1 aliphatic rings. The molecular formula is C18H12ClNO2. The normalized spacial score (nSPS) is 16.8. The number of ether oxygens (including phenoxy) is 1. The summed E-state index contributed by atoms with van der Waals surface area (Å²) in [6.07, 6.45) is -1.07. The van der Waals surface area contributed by atoms with E-state index in [2.05, 4.69) is 4.99 Å². The van der Waals surface area contributed by atoms with Crippen LogP contribution in [0.2, 0.25) is 5.02 Å². The second kappa shape index (κ2) is 5.13. The fourth-order valence-electron chi connectivity index (χ4n) is 2.67. The molecule has 4 rings (SSSR count). The molecule has 3 nitrogen and oxygen atoms in total. The van der Waals surface area contributed by atoms with E-state index in [1.807, 2.05) is 42.5 Å². The van der Waals surface area contributed by atoms with Crippen LogP contribution in [0.3, 0.4) is 0 Å². The standard InChI is InChI=1S/C18H12ClNO2/c19-12-8-9-16-15(10-12)18(21)22-17(20-16)14-7-3-5-11-4-1-2-6-13(11)14/h1-10,18,21H. The minimum Gasteiger partial charge on any atom is -0.443 e. The lowest BCUT2D eigenvalue weighted by atomic mass is 10.0. The zero-order valence-electron chi connectivity index (χ0n) is 11.5. The van der Waals surface area contributed by atoms with Crippen molar-refractivity contribution in [3.05, 3.63) is 76.8 Å². The van der Waals surface area contributed by atoms with Crippen LogP contribution in [0.1, 0.15) is 17.4 Å². The SMILES string of the molecule is OC1OC(c2cccc3ccccc23)=Nc2ccc(Cl)cc21. The van der Waals surface area contributed by atoms with Gasteiger partial charge < -0.3 is 9.84 Å². The van der Waals surface area contributed by atoms with E-state index in [9.17, 15) is 5.11 Å². The minimum absolute atomic E-state index is 0.416. The van der Waals surface area contributed by atoms with Gasteiger partial charge in [0.15, 0.2) is 0 Å². The zero-order valence-corrected chi connectivity index (χ0v) is 12.3. The minimum atomic E-state index is -1.07. The zero-order chi connectivity index (χ0) is 15.1. The van der Waals surface area contributed by atoms with E-state index in [0.29, 0.717) is 22.2 Å². The first kappa shape index (κ1) is 13.3. The predicted molar refractivity (Wildman–Crippen MR) is 87.6 cm³/mol. The van der Waals surface area contributed by atoms with E-state index in [4.69, 9.17) is 16.3 Å². The van der Waals surface area contributed by atoms with Gasteiger partial charge in [0.2, 0.25) is 12.2 Å². The highest BCUT2D eigenvalue weighted by Gasteiger charge is 2.23. The van der Waals surface area contributed by atoms with Gasteiger partial charge in [-0.05, 0) is 35.0 Å². The first-order valence-electron chi connectivity index (χ1n) is 6.93. The van der Waals surface area contributed by atoms with Gasteiger partial charge >= 0.3 is 0 Å². The first-order chi connectivity index (χ1) is 10.7. The van der Waals surface area contributed by atoms with Crippen LogP contribution in [0.15, 0.2) is 65.7 Å². The maximum absolute atomic E-state index is 10.2. The van der Waals surface area contributed by atoms with Gasteiger partial charge in [-0.15, -0.1) is 0 Å². The molecule has 0 fully saturated rings. The Kier molecular flexibility index (Phi) is 3.10. The molecule has 1 atom stereocenters. The summed E-state index contributed by atoms with van der Waals surface area (Å²) in [5, 5.41) is 12.9. The number of aliphatic imine (C=N–C) groups is 1. The van der Waals surface area contributed by atoms with Gasteiger partial charge in [0, 0.05) is 16.1 Å². The second-order valence-corrected chi connectivity index (χ2v) is 5.55. The number of halogens is 1. The van der Waals surface area contributed by atoms with Crippen molar-refractivity contribution in [3.8, 4) is 0 Å². The Balaban J connectivity index is 1.91. The molecule has 4 heteroatoms. The van der Waals surface area contributed by atoms with Crippen molar-refractivity contribution < 1.29 is 9.84 Å². The molecule has 0 radical (unpaired) electrons. The van der Waals surface area contributed by atoms with E-state index in [1.165, 1.54) is 0 Å². The molecule has 108 valence electrons. The summed E-state index contributed by atoms with van der Waals surface area (Å²) in [5.74, 6) is 0.416. The Bertz CT molecular complexity index is 899. The number of rotatable bonds is 1. The van der Waals surface area contributed by atoms with Crippen LogP contribution < -0.4 is 0 Å². The lowest BCUT2D eigenvalue weighted by molar-refractivity contribution is -0.0314. The van der Waals surface area contributed by atoms with Crippen LogP contribution in [-0.4, -0.2) is 11.0 Å². The van der Waals surface area contributed by atoms with Crippen LogP contribution >= 0.6 is 11.6 Å². The van der Waals surface area contributed by atoms with Gasteiger partial charge in [-0.25, -0.2) is 4.99 Å². The molecule has 0 aliphatic carbocycles. The Morgan fingerprint density at radius 2 is 1.82 bits per heavy atom. The van der Waals surface area contributed by atoms with Crippen molar-refractivity contribution in [3.63, 3.8) is 0 Å². The molecule has 3 aromatic carbocycles. The summed E-state index contributed by atoms with van der Waals surface area (Å²) in [4.78, 5) is 4.53. The third kappa shape index (κ3) is 2.15. The molecule has 0 aromatic heterocycles. The highest BCUT2D eigenvalue weighted by Crippen LogP contribution is 2.35. The average molecular weight is 310 g/mol. The Hall–Kier alpha value is -2.36. The van der Waals surface area contributed by atoms with Gasteiger partial charge in [0.1, 0.15) is 0 Å². The van der Waals surface area contributed by atoms with Gasteiger partial charge in [-0.3, -0.25) is 0 Å². The molecule has 0 amide bonds. The molecule has 0 spiro atoms. The van der Waals surface area contributed by atoms with E-state index in [-0.39, 0.29) is 0 Å². The quantitative estimate of drug-likeness (QED) is 0.714. The summed E-state index contributed by atoms with van der Waals surface area (Å²) < 4.78 is 5.61. The maximum atomic E-state index is 10.2. The number of nitrogens with zero attached hydrogens (tertiary/aromatic N) is 1. The number of hydrogen-bond acceptors (Lipinski definition) is 3. The lowest BCUT2D eigenvalue weighted by Crippen LogP contribution is -2.16. The molecule has 1 unspecified atom stereocenters. The summed E-state index contributed by atoms with van der Waals surface area (Å²) >= 11 is 5.96. The molecule has 22 heavy (non-hydrogen) atoms. The van der Waals surface area contributed by atoms with Crippen molar-refractivity contribution >= 4 is 34.0 Å². The number of hydrogen-bond donors (Lipinski definition) is 1. The van der Waals surface area contributed by atoms with E-state index in [1.54, 1.807) is 18.2 Å². The van der Waals surface area contributed by atoms with Crippen LogP contribution in [-0.2, 0) is 4.74 Å². The van der Waals surface area contributed by atoms with E-state index >= 15 is 0 Å². The van der Waals surface area contributed by atoms with Crippen LogP contribution in [0.4, 0.5) is 5.69 Å². The Morgan fingerprint density at radius 1 is 1.00 bits per heavy atom. The van der Waals surface area contributed by atoms with E-state index in [0.717, 1.165) is 16.3 Å². The van der Waals surface area contributed by atoms with Gasteiger partial charge in [0.25, 0.3) is 0 Å². The van der Waals surface area contributed by atoms with E-state index < -0.39 is 6.29 Å². The average Bonchev–Trinajstić information content (AvgIpc) is 2.55. The third-order valence-electron chi connectivity index (χ3n) is 3.72. The maximum Gasteiger partial charge on any atom is 0.228 e. The second-order valence-electron chi connectivity index (χ2n) is 5.12. The lowest BCUT2D eigenvalue weighted by Gasteiger charge is -2.22. The molecule has 1 heterocycles. The van der Waals surface area contributed by atoms with Gasteiger partial charge in [0.05, 0.1) is 5.69 Å². The van der Waals surface area contributed by atoms with Crippen molar-refractivity contribution in [2.75, 3.05) is 0 Å². The molecule has 0 bridgehead atoms. The fraction of sp³-hybridized carbons (Fsp3) is 0.0556. The molecule has 1 N–H and O–H groups in total. The molecule has 3 aromatic rings. The largest absolute Gasteiger partial charge is 0.443 e. The number of aliphatic hydroxyl groups is 1. The topological polar surface area (TPSA) is 41.8 Å². The highest BCUT2D eigenvalue weighted by molar-refractivity contribution is 6.30. The van der Waals surface area contributed by atoms with Crippen LogP contribution in [0.25, 0.3) is 10.8 Å².